The number of carbonyl (C=O) groups is 2. The van der Waals surface area contributed by atoms with E-state index in [1.54, 1.807) is 42.1 Å². The molecule has 0 saturated carbocycles. The second kappa shape index (κ2) is 7.49. The Morgan fingerprint density at radius 2 is 2.04 bits per heavy atom. The first-order valence-electron chi connectivity index (χ1n) is 8.09. The average molecular weight is 369 g/mol. The molecule has 0 aliphatic rings. The van der Waals surface area contributed by atoms with Crippen molar-refractivity contribution in [3.05, 3.63) is 58.2 Å². The second-order valence-electron chi connectivity index (χ2n) is 5.91. The SMILES string of the molecule is Cc1cc(C)n(-c2ccc(NC(=O)[C@H](C)NC(=O)c3cccs3)cn2)n1. The first-order valence-corrected chi connectivity index (χ1v) is 8.97. The van der Waals surface area contributed by atoms with Gasteiger partial charge in [-0.15, -0.1) is 11.3 Å². The van der Waals surface area contributed by atoms with Gasteiger partial charge in [0.05, 0.1) is 22.5 Å². The summed E-state index contributed by atoms with van der Waals surface area (Å²) in [6.45, 7) is 5.51. The Bertz CT molecular complexity index is 916. The summed E-state index contributed by atoms with van der Waals surface area (Å²) < 4.78 is 1.74. The van der Waals surface area contributed by atoms with Crippen LogP contribution in [-0.2, 0) is 4.79 Å². The molecule has 134 valence electrons. The molecule has 3 rings (SSSR count). The van der Waals surface area contributed by atoms with Crippen molar-refractivity contribution < 1.29 is 9.59 Å². The van der Waals surface area contributed by atoms with Crippen molar-refractivity contribution in [3.8, 4) is 5.82 Å². The normalized spacial score (nSPS) is 11.8. The molecule has 0 unspecified atom stereocenters. The Balaban J connectivity index is 1.62. The maximum absolute atomic E-state index is 12.3. The number of amides is 2. The van der Waals surface area contributed by atoms with Gasteiger partial charge < -0.3 is 10.6 Å². The van der Waals surface area contributed by atoms with Crippen molar-refractivity contribution in [2.45, 2.75) is 26.8 Å². The number of thiophene rings is 1. The lowest BCUT2D eigenvalue weighted by molar-refractivity contribution is -0.117. The highest BCUT2D eigenvalue weighted by Gasteiger charge is 2.17. The van der Waals surface area contributed by atoms with Crippen LogP contribution in [0.4, 0.5) is 5.69 Å². The van der Waals surface area contributed by atoms with Crippen molar-refractivity contribution in [2.75, 3.05) is 5.32 Å². The highest BCUT2D eigenvalue weighted by molar-refractivity contribution is 7.12. The lowest BCUT2D eigenvalue weighted by Gasteiger charge is -2.13. The second-order valence-corrected chi connectivity index (χ2v) is 6.85. The van der Waals surface area contributed by atoms with E-state index in [0.29, 0.717) is 16.4 Å². The predicted octanol–water partition coefficient (Wildman–Crippen LogP) is 2.70. The van der Waals surface area contributed by atoms with E-state index >= 15 is 0 Å². The molecule has 0 saturated heterocycles. The van der Waals surface area contributed by atoms with Crippen molar-refractivity contribution >= 4 is 28.8 Å². The molecule has 7 nitrogen and oxygen atoms in total. The van der Waals surface area contributed by atoms with E-state index < -0.39 is 6.04 Å². The number of hydrogen-bond acceptors (Lipinski definition) is 5. The molecule has 0 fully saturated rings. The molecule has 1 atom stereocenters. The molecule has 3 aromatic rings. The lowest BCUT2D eigenvalue weighted by Crippen LogP contribution is -2.41. The summed E-state index contributed by atoms with van der Waals surface area (Å²) in [4.78, 5) is 29.2. The highest BCUT2D eigenvalue weighted by Crippen LogP contribution is 2.13. The monoisotopic (exact) mass is 369 g/mol. The summed E-state index contributed by atoms with van der Waals surface area (Å²) in [5.41, 5.74) is 2.45. The molecular weight excluding hydrogens is 350 g/mol. The summed E-state index contributed by atoms with van der Waals surface area (Å²) >= 11 is 1.33. The van der Waals surface area contributed by atoms with Gasteiger partial charge in [0.25, 0.3) is 5.91 Å². The quantitative estimate of drug-likeness (QED) is 0.724. The fourth-order valence-electron chi connectivity index (χ4n) is 2.44. The van der Waals surface area contributed by atoms with E-state index in [1.807, 2.05) is 25.3 Å². The molecule has 0 aliphatic heterocycles. The number of aryl methyl sites for hydroxylation is 2. The molecule has 8 heteroatoms. The van der Waals surface area contributed by atoms with Gasteiger partial charge in [-0.25, -0.2) is 9.67 Å². The molecule has 0 aliphatic carbocycles. The minimum Gasteiger partial charge on any atom is -0.340 e. The molecule has 0 bridgehead atoms. The third kappa shape index (κ3) is 3.97. The number of nitrogens with zero attached hydrogens (tertiary/aromatic N) is 3. The van der Waals surface area contributed by atoms with Crippen LogP contribution < -0.4 is 10.6 Å². The minimum absolute atomic E-state index is 0.263. The van der Waals surface area contributed by atoms with Crippen LogP contribution in [0.5, 0.6) is 0 Å². The summed E-state index contributed by atoms with van der Waals surface area (Å²) in [6.07, 6.45) is 1.57. The standard InChI is InChI=1S/C18H19N5O2S/c1-11-9-12(2)23(22-11)16-7-6-14(10-19-16)21-17(24)13(3)20-18(25)15-5-4-8-26-15/h4-10,13H,1-3H3,(H,20,25)(H,21,24)/t13-/m0/s1. The smallest absolute Gasteiger partial charge is 0.261 e. The van der Waals surface area contributed by atoms with Gasteiger partial charge in [0, 0.05) is 5.69 Å². The van der Waals surface area contributed by atoms with E-state index in [9.17, 15) is 9.59 Å². The zero-order valence-electron chi connectivity index (χ0n) is 14.7. The van der Waals surface area contributed by atoms with Crippen LogP contribution >= 0.6 is 11.3 Å². The molecule has 2 N–H and O–H groups in total. The van der Waals surface area contributed by atoms with Crippen LogP contribution in [0.15, 0.2) is 41.9 Å². The lowest BCUT2D eigenvalue weighted by atomic mass is 10.3. The van der Waals surface area contributed by atoms with Gasteiger partial charge in [0.1, 0.15) is 6.04 Å². The molecule has 3 aromatic heterocycles. The molecule has 0 spiro atoms. The van der Waals surface area contributed by atoms with Gasteiger partial charge >= 0.3 is 0 Å². The number of carbonyl (C=O) groups excluding carboxylic acids is 2. The molecule has 26 heavy (non-hydrogen) atoms. The zero-order chi connectivity index (χ0) is 18.7. The number of aromatic nitrogens is 3. The van der Waals surface area contributed by atoms with Crippen molar-refractivity contribution in [3.63, 3.8) is 0 Å². The Hall–Kier alpha value is -3.00. The average Bonchev–Trinajstić information content (AvgIpc) is 3.25. The maximum Gasteiger partial charge on any atom is 0.261 e. The molecule has 2 amide bonds. The number of rotatable bonds is 5. The van der Waals surface area contributed by atoms with E-state index in [0.717, 1.165) is 11.4 Å². The van der Waals surface area contributed by atoms with Gasteiger partial charge in [-0.3, -0.25) is 9.59 Å². The summed E-state index contributed by atoms with van der Waals surface area (Å²) in [6, 6.07) is 8.34. The van der Waals surface area contributed by atoms with Gasteiger partial charge in [-0.1, -0.05) is 6.07 Å². The van der Waals surface area contributed by atoms with E-state index in [-0.39, 0.29) is 11.8 Å². The molecule has 3 heterocycles. The zero-order valence-corrected chi connectivity index (χ0v) is 15.5. The predicted molar refractivity (Wildman–Crippen MR) is 101 cm³/mol. The minimum atomic E-state index is -0.666. The van der Waals surface area contributed by atoms with Gasteiger partial charge in [-0.2, -0.15) is 5.10 Å². The van der Waals surface area contributed by atoms with Crippen LogP contribution in [0.25, 0.3) is 5.82 Å². The number of pyridine rings is 1. The first kappa shape index (κ1) is 17.8. The molecule has 0 aromatic carbocycles. The highest BCUT2D eigenvalue weighted by atomic mass is 32.1. The van der Waals surface area contributed by atoms with Gasteiger partial charge in [0.15, 0.2) is 5.82 Å². The Kier molecular flexibility index (Phi) is 5.13. The first-order chi connectivity index (χ1) is 12.4. The maximum atomic E-state index is 12.3. The summed E-state index contributed by atoms with van der Waals surface area (Å²) in [5.74, 6) is 0.101. The van der Waals surface area contributed by atoms with Crippen LogP contribution in [0.3, 0.4) is 0 Å². The molecule has 0 radical (unpaired) electrons. The van der Waals surface area contributed by atoms with Crippen LogP contribution in [0.1, 0.15) is 28.0 Å². The third-order valence-corrected chi connectivity index (χ3v) is 4.60. The third-order valence-electron chi connectivity index (χ3n) is 3.73. The summed E-state index contributed by atoms with van der Waals surface area (Å²) in [7, 11) is 0. The Morgan fingerprint density at radius 3 is 2.62 bits per heavy atom. The van der Waals surface area contributed by atoms with Crippen LogP contribution in [0, 0.1) is 13.8 Å². The van der Waals surface area contributed by atoms with Crippen molar-refractivity contribution in [1.82, 2.24) is 20.1 Å². The topological polar surface area (TPSA) is 88.9 Å². The molecular formula is C18H19N5O2S. The number of anilines is 1. The number of nitrogens with one attached hydrogen (secondary N) is 2. The number of hydrogen-bond donors (Lipinski definition) is 2. The van der Waals surface area contributed by atoms with Crippen LogP contribution in [-0.4, -0.2) is 32.6 Å². The van der Waals surface area contributed by atoms with E-state index in [4.69, 9.17) is 0 Å². The van der Waals surface area contributed by atoms with Crippen molar-refractivity contribution in [2.24, 2.45) is 0 Å². The largest absolute Gasteiger partial charge is 0.340 e. The summed E-state index contributed by atoms with van der Waals surface area (Å²) in [5, 5.41) is 11.6. The van der Waals surface area contributed by atoms with Crippen LogP contribution in [0.2, 0.25) is 0 Å². The van der Waals surface area contributed by atoms with E-state index in [2.05, 4.69) is 20.7 Å². The van der Waals surface area contributed by atoms with Gasteiger partial charge in [0.2, 0.25) is 5.91 Å². The fraction of sp³-hybridized carbons (Fsp3) is 0.222. The Labute approximate surface area is 155 Å². The fourth-order valence-corrected chi connectivity index (χ4v) is 3.06. The van der Waals surface area contributed by atoms with Crippen molar-refractivity contribution in [1.29, 1.82) is 0 Å². The Morgan fingerprint density at radius 1 is 1.23 bits per heavy atom. The van der Waals surface area contributed by atoms with Gasteiger partial charge in [-0.05, 0) is 50.4 Å². The van der Waals surface area contributed by atoms with E-state index in [1.165, 1.54) is 11.3 Å².